The molecule has 1 aliphatic heterocycles. The number of halogens is 1. The van der Waals surface area contributed by atoms with Crippen molar-refractivity contribution >= 4 is 23.4 Å². The molecule has 1 N–H and O–H groups in total. The van der Waals surface area contributed by atoms with Gasteiger partial charge in [0.05, 0.1) is 17.2 Å². The van der Waals surface area contributed by atoms with E-state index >= 15 is 0 Å². The van der Waals surface area contributed by atoms with Gasteiger partial charge in [-0.05, 0) is 24.1 Å². The van der Waals surface area contributed by atoms with E-state index in [4.69, 9.17) is 11.6 Å². The molecule has 0 radical (unpaired) electrons. The van der Waals surface area contributed by atoms with E-state index in [2.05, 4.69) is 11.6 Å². The number of aliphatic hydroxyl groups is 1. The summed E-state index contributed by atoms with van der Waals surface area (Å²) < 4.78 is 1.64. The Morgan fingerprint density at radius 2 is 2.40 bits per heavy atom. The van der Waals surface area contributed by atoms with E-state index in [1.165, 1.54) is 0 Å². The lowest BCUT2D eigenvalue weighted by atomic mass is 9.92. The van der Waals surface area contributed by atoms with Gasteiger partial charge in [-0.2, -0.15) is 0 Å². The SMILES string of the molecule is C=CC[C@@]1(Cn2ccnc2)Sc2cc(Cl)ccc2[C@@H]1O. The standard InChI is InChI=1S/C15H15ClN2OS/c1-2-5-15(9-18-7-6-17-10-18)14(19)12-4-3-11(16)8-13(12)20-15/h2-4,6-8,10,14,19H,1,5,9H2/t14-,15-/m0/s1. The van der Waals surface area contributed by atoms with Crippen LogP contribution in [-0.2, 0) is 6.54 Å². The van der Waals surface area contributed by atoms with E-state index < -0.39 is 6.10 Å². The number of allylic oxidation sites excluding steroid dienone is 1. The highest BCUT2D eigenvalue weighted by atomic mass is 35.5. The smallest absolute Gasteiger partial charge is 0.0971 e. The molecule has 1 aromatic carbocycles. The molecule has 3 nitrogen and oxygen atoms in total. The van der Waals surface area contributed by atoms with Crippen LogP contribution in [-0.4, -0.2) is 19.4 Å². The molecule has 0 amide bonds. The van der Waals surface area contributed by atoms with Gasteiger partial charge in [0.2, 0.25) is 0 Å². The molecule has 1 aliphatic rings. The Morgan fingerprint density at radius 3 is 3.10 bits per heavy atom. The summed E-state index contributed by atoms with van der Waals surface area (Å²) in [5.74, 6) is 0. The second-order valence-electron chi connectivity index (χ2n) is 4.98. The Hall–Kier alpha value is -1.23. The van der Waals surface area contributed by atoms with Gasteiger partial charge in [0.25, 0.3) is 0 Å². The lowest BCUT2D eigenvalue weighted by Crippen LogP contribution is -2.33. The number of hydrogen-bond acceptors (Lipinski definition) is 3. The minimum absolute atomic E-state index is 0.352. The summed E-state index contributed by atoms with van der Waals surface area (Å²) in [6.45, 7) is 4.52. The van der Waals surface area contributed by atoms with Crippen LogP contribution in [0.3, 0.4) is 0 Å². The number of aromatic nitrogens is 2. The van der Waals surface area contributed by atoms with Gasteiger partial charge in [0.15, 0.2) is 0 Å². The number of aliphatic hydroxyl groups excluding tert-OH is 1. The molecule has 20 heavy (non-hydrogen) atoms. The number of benzene rings is 1. The van der Waals surface area contributed by atoms with Crippen LogP contribution in [0.25, 0.3) is 0 Å². The maximum absolute atomic E-state index is 10.8. The molecule has 2 aromatic rings. The summed E-state index contributed by atoms with van der Waals surface area (Å²) in [6.07, 6.45) is 7.46. The van der Waals surface area contributed by atoms with Crippen molar-refractivity contribution in [1.29, 1.82) is 0 Å². The first-order valence-corrected chi connectivity index (χ1v) is 7.57. The predicted octanol–water partition coefficient (Wildman–Crippen LogP) is 3.69. The monoisotopic (exact) mass is 306 g/mol. The third kappa shape index (κ3) is 2.28. The van der Waals surface area contributed by atoms with Crippen LogP contribution in [0.5, 0.6) is 0 Å². The number of fused-ring (bicyclic) bond motifs is 1. The van der Waals surface area contributed by atoms with E-state index in [0.29, 0.717) is 18.0 Å². The zero-order chi connectivity index (χ0) is 14.2. The fourth-order valence-electron chi connectivity index (χ4n) is 2.65. The zero-order valence-corrected chi connectivity index (χ0v) is 12.4. The molecule has 0 bridgehead atoms. The summed E-state index contributed by atoms with van der Waals surface area (Å²) in [7, 11) is 0. The highest BCUT2D eigenvalue weighted by Gasteiger charge is 2.45. The van der Waals surface area contributed by atoms with Gasteiger partial charge >= 0.3 is 0 Å². The van der Waals surface area contributed by atoms with E-state index in [9.17, 15) is 5.11 Å². The van der Waals surface area contributed by atoms with Crippen molar-refractivity contribution in [2.24, 2.45) is 0 Å². The molecule has 0 unspecified atom stereocenters. The van der Waals surface area contributed by atoms with Crippen LogP contribution in [0.4, 0.5) is 0 Å². The molecular weight excluding hydrogens is 292 g/mol. The Kier molecular flexibility index (Phi) is 3.63. The molecule has 3 rings (SSSR count). The van der Waals surface area contributed by atoms with Crippen LogP contribution in [0.2, 0.25) is 5.02 Å². The average Bonchev–Trinajstić information content (AvgIpc) is 2.99. The fourth-order valence-corrected chi connectivity index (χ4v) is 4.46. The summed E-state index contributed by atoms with van der Waals surface area (Å²) in [4.78, 5) is 5.12. The zero-order valence-electron chi connectivity index (χ0n) is 10.9. The lowest BCUT2D eigenvalue weighted by Gasteiger charge is -2.31. The molecular formula is C15H15ClN2OS. The summed E-state index contributed by atoms with van der Waals surface area (Å²) in [6, 6.07) is 5.66. The van der Waals surface area contributed by atoms with Crippen molar-refractivity contribution in [3.63, 3.8) is 0 Å². The van der Waals surface area contributed by atoms with E-state index in [-0.39, 0.29) is 4.75 Å². The topological polar surface area (TPSA) is 38.0 Å². The number of imidazole rings is 1. The van der Waals surface area contributed by atoms with Crippen molar-refractivity contribution in [1.82, 2.24) is 9.55 Å². The van der Waals surface area contributed by atoms with Gasteiger partial charge in [0, 0.05) is 28.9 Å². The van der Waals surface area contributed by atoms with Gasteiger partial charge in [0.1, 0.15) is 0 Å². The summed E-state index contributed by atoms with van der Waals surface area (Å²) in [5, 5.41) is 11.5. The molecule has 0 saturated heterocycles. The molecule has 5 heteroatoms. The second-order valence-corrected chi connectivity index (χ2v) is 6.87. The maximum atomic E-state index is 10.8. The molecule has 0 saturated carbocycles. The molecule has 0 spiro atoms. The Bertz CT molecular complexity index is 629. The Balaban J connectivity index is 1.98. The van der Waals surface area contributed by atoms with Crippen LogP contribution in [0, 0.1) is 0 Å². The van der Waals surface area contributed by atoms with Gasteiger partial charge < -0.3 is 9.67 Å². The van der Waals surface area contributed by atoms with Crippen molar-refractivity contribution in [3.05, 3.63) is 60.2 Å². The third-order valence-electron chi connectivity index (χ3n) is 3.58. The average molecular weight is 307 g/mol. The van der Waals surface area contributed by atoms with Gasteiger partial charge in [-0.15, -0.1) is 18.3 Å². The molecule has 0 aliphatic carbocycles. The molecule has 104 valence electrons. The minimum Gasteiger partial charge on any atom is -0.387 e. The maximum Gasteiger partial charge on any atom is 0.0971 e. The Labute approximate surface area is 127 Å². The number of nitrogens with zero attached hydrogens (tertiary/aromatic N) is 2. The third-order valence-corrected chi connectivity index (χ3v) is 5.32. The van der Waals surface area contributed by atoms with Crippen molar-refractivity contribution < 1.29 is 5.11 Å². The lowest BCUT2D eigenvalue weighted by molar-refractivity contribution is 0.123. The van der Waals surface area contributed by atoms with Gasteiger partial charge in [-0.3, -0.25) is 0 Å². The van der Waals surface area contributed by atoms with Crippen LogP contribution < -0.4 is 0 Å². The highest BCUT2D eigenvalue weighted by Crippen LogP contribution is 2.55. The molecule has 0 fully saturated rings. The predicted molar refractivity (Wildman–Crippen MR) is 82.0 cm³/mol. The number of thioether (sulfide) groups is 1. The van der Waals surface area contributed by atoms with Crippen molar-refractivity contribution in [3.8, 4) is 0 Å². The highest BCUT2D eigenvalue weighted by molar-refractivity contribution is 8.01. The van der Waals surface area contributed by atoms with Crippen LogP contribution >= 0.6 is 23.4 Å². The van der Waals surface area contributed by atoms with E-state index in [0.717, 1.165) is 10.5 Å². The first-order valence-electron chi connectivity index (χ1n) is 6.38. The first-order chi connectivity index (χ1) is 9.64. The van der Waals surface area contributed by atoms with Gasteiger partial charge in [-0.1, -0.05) is 23.7 Å². The van der Waals surface area contributed by atoms with E-state index in [1.807, 2.05) is 35.0 Å². The van der Waals surface area contributed by atoms with Gasteiger partial charge in [-0.25, -0.2) is 4.98 Å². The van der Waals surface area contributed by atoms with Crippen molar-refractivity contribution in [2.45, 2.75) is 28.7 Å². The summed E-state index contributed by atoms with van der Waals surface area (Å²) >= 11 is 7.73. The normalized spacial score (nSPS) is 24.6. The number of rotatable bonds is 4. The number of hydrogen-bond donors (Lipinski definition) is 1. The molecule has 2 atom stereocenters. The van der Waals surface area contributed by atoms with Crippen LogP contribution in [0.1, 0.15) is 18.1 Å². The quantitative estimate of drug-likeness (QED) is 0.876. The first kappa shape index (κ1) is 13.7. The molecule has 2 heterocycles. The van der Waals surface area contributed by atoms with E-state index in [1.54, 1.807) is 24.3 Å². The Morgan fingerprint density at radius 1 is 1.55 bits per heavy atom. The fraction of sp³-hybridized carbons (Fsp3) is 0.267. The van der Waals surface area contributed by atoms with Crippen LogP contribution in [0.15, 0.2) is 54.5 Å². The largest absolute Gasteiger partial charge is 0.387 e. The molecule has 1 aromatic heterocycles. The summed E-state index contributed by atoms with van der Waals surface area (Å²) in [5.41, 5.74) is 0.946. The minimum atomic E-state index is -0.542. The second kappa shape index (κ2) is 5.28. The van der Waals surface area contributed by atoms with Crippen molar-refractivity contribution in [2.75, 3.05) is 0 Å².